The Balaban J connectivity index is 1.72. The van der Waals surface area contributed by atoms with E-state index in [-0.39, 0.29) is 29.9 Å². The Morgan fingerprint density at radius 2 is 1.54 bits per heavy atom. The minimum absolute atomic E-state index is 0.0604. The highest BCUT2D eigenvalue weighted by Crippen LogP contribution is 2.40. The van der Waals surface area contributed by atoms with Crippen LogP contribution in [0.1, 0.15) is 67.2 Å². The Morgan fingerprint density at radius 3 is 2.11 bits per heavy atom. The lowest BCUT2D eigenvalue weighted by Gasteiger charge is -2.28. The van der Waals surface area contributed by atoms with E-state index in [0.717, 1.165) is 5.56 Å². The summed E-state index contributed by atoms with van der Waals surface area (Å²) in [5.41, 5.74) is 1.95. The van der Waals surface area contributed by atoms with Crippen LogP contribution in [0.4, 0.5) is 17.6 Å². The molecule has 0 radical (unpaired) electrons. The second-order valence-electron chi connectivity index (χ2n) is 7.17. The number of hydrogen-bond donors (Lipinski definition) is 0. The molecule has 0 saturated heterocycles. The van der Waals surface area contributed by atoms with Gasteiger partial charge in [-0.3, -0.25) is 0 Å². The molecule has 0 heterocycles. The van der Waals surface area contributed by atoms with E-state index in [9.17, 15) is 17.6 Å². The van der Waals surface area contributed by atoms with Crippen LogP contribution in [0.15, 0.2) is 42.5 Å². The van der Waals surface area contributed by atoms with Crippen molar-refractivity contribution >= 4 is 6.08 Å². The van der Waals surface area contributed by atoms with Gasteiger partial charge < -0.3 is 0 Å². The summed E-state index contributed by atoms with van der Waals surface area (Å²) in [5.74, 6) is 2.02. The second-order valence-corrected chi connectivity index (χ2v) is 7.17. The van der Waals surface area contributed by atoms with Crippen LogP contribution >= 0.6 is 0 Å². The van der Waals surface area contributed by atoms with E-state index >= 15 is 0 Å². The first-order valence-corrected chi connectivity index (χ1v) is 9.53. The van der Waals surface area contributed by atoms with E-state index in [1.54, 1.807) is 6.08 Å². The van der Waals surface area contributed by atoms with E-state index < -0.39 is 17.6 Å². The second kappa shape index (κ2) is 8.65. The standard InChI is InChI=1S/C24H22F4/c1-2-3-4-21-22(25)15-18(16-23(21)26)6-5-17-7-9-19(10-8-17)20-11-13-24(27,28)14-12-20/h3-4,7-10,15-16,20H,2,11-14H2,1H3/b4-3+. The molecule has 1 aliphatic carbocycles. The Labute approximate surface area is 163 Å². The van der Waals surface area contributed by atoms with E-state index in [1.807, 2.05) is 31.2 Å². The van der Waals surface area contributed by atoms with Gasteiger partial charge in [-0.05, 0) is 55.0 Å². The fourth-order valence-electron chi connectivity index (χ4n) is 3.41. The number of alkyl halides is 2. The molecule has 0 atom stereocenters. The van der Waals surface area contributed by atoms with Gasteiger partial charge in [0.2, 0.25) is 5.92 Å². The molecule has 0 aliphatic heterocycles. The number of benzene rings is 2. The highest BCUT2D eigenvalue weighted by molar-refractivity contribution is 5.54. The fourth-order valence-corrected chi connectivity index (χ4v) is 3.41. The summed E-state index contributed by atoms with van der Waals surface area (Å²) in [6.45, 7) is 1.89. The van der Waals surface area contributed by atoms with Crippen LogP contribution < -0.4 is 0 Å². The van der Waals surface area contributed by atoms with Crippen molar-refractivity contribution in [1.82, 2.24) is 0 Å². The van der Waals surface area contributed by atoms with Gasteiger partial charge >= 0.3 is 0 Å². The quantitative estimate of drug-likeness (QED) is 0.390. The summed E-state index contributed by atoms with van der Waals surface area (Å²) in [6.07, 6.45) is 4.65. The first-order chi connectivity index (χ1) is 13.4. The third-order valence-electron chi connectivity index (χ3n) is 5.05. The maximum atomic E-state index is 14.1. The maximum absolute atomic E-state index is 14.1. The summed E-state index contributed by atoms with van der Waals surface area (Å²) in [5, 5.41) is 0. The van der Waals surface area contributed by atoms with Crippen LogP contribution in [-0.4, -0.2) is 5.92 Å². The zero-order chi connectivity index (χ0) is 20.1. The largest absolute Gasteiger partial charge is 0.248 e. The molecule has 0 spiro atoms. The van der Waals surface area contributed by atoms with Gasteiger partial charge in [-0.15, -0.1) is 0 Å². The lowest BCUT2D eigenvalue weighted by molar-refractivity contribution is -0.0382. The van der Waals surface area contributed by atoms with Crippen molar-refractivity contribution in [3.8, 4) is 11.8 Å². The molecule has 1 fully saturated rings. The molecule has 2 aromatic carbocycles. The lowest BCUT2D eigenvalue weighted by atomic mass is 9.82. The highest BCUT2D eigenvalue weighted by atomic mass is 19.3. The molecular weight excluding hydrogens is 364 g/mol. The van der Waals surface area contributed by atoms with Crippen LogP contribution in [0.25, 0.3) is 6.08 Å². The van der Waals surface area contributed by atoms with Crippen molar-refractivity contribution < 1.29 is 17.6 Å². The van der Waals surface area contributed by atoms with Crippen LogP contribution in [0.2, 0.25) is 0 Å². The van der Waals surface area contributed by atoms with Gasteiger partial charge in [0.05, 0.1) is 0 Å². The normalized spacial score (nSPS) is 16.8. The molecule has 0 N–H and O–H groups in total. The van der Waals surface area contributed by atoms with Crippen LogP contribution in [0.5, 0.6) is 0 Å². The molecule has 2 aromatic rings. The predicted molar refractivity (Wildman–Crippen MR) is 104 cm³/mol. The molecular formula is C24H22F4. The van der Waals surface area contributed by atoms with E-state index in [0.29, 0.717) is 24.8 Å². The molecule has 3 rings (SSSR count). The topological polar surface area (TPSA) is 0 Å². The first-order valence-electron chi connectivity index (χ1n) is 9.53. The molecule has 4 heteroatoms. The van der Waals surface area contributed by atoms with Crippen molar-refractivity contribution in [3.05, 3.63) is 76.4 Å². The zero-order valence-corrected chi connectivity index (χ0v) is 15.7. The Morgan fingerprint density at radius 1 is 0.964 bits per heavy atom. The SMILES string of the molecule is CC/C=C/c1c(F)cc(C#Cc2ccc(C3CCC(F)(F)CC3)cc2)cc1F. The molecule has 1 aliphatic rings. The fraction of sp³-hybridized carbons (Fsp3) is 0.333. The maximum Gasteiger partial charge on any atom is 0.248 e. The minimum atomic E-state index is -2.53. The average molecular weight is 386 g/mol. The van der Waals surface area contributed by atoms with Gasteiger partial charge in [-0.2, -0.15) is 0 Å². The third-order valence-corrected chi connectivity index (χ3v) is 5.05. The Kier molecular flexibility index (Phi) is 6.24. The van der Waals surface area contributed by atoms with Crippen LogP contribution in [0.3, 0.4) is 0 Å². The van der Waals surface area contributed by atoms with Crippen LogP contribution in [0, 0.1) is 23.5 Å². The van der Waals surface area contributed by atoms with E-state index in [4.69, 9.17) is 0 Å². The van der Waals surface area contributed by atoms with E-state index in [2.05, 4.69) is 11.8 Å². The molecule has 0 nitrogen and oxygen atoms in total. The molecule has 1 saturated carbocycles. The summed E-state index contributed by atoms with van der Waals surface area (Å²) < 4.78 is 54.7. The smallest absolute Gasteiger partial charge is 0.207 e. The van der Waals surface area contributed by atoms with Gasteiger partial charge in [0.25, 0.3) is 0 Å². The number of hydrogen-bond acceptors (Lipinski definition) is 0. The zero-order valence-electron chi connectivity index (χ0n) is 15.7. The summed E-state index contributed by atoms with van der Waals surface area (Å²) >= 11 is 0. The van der Waals surface area contributed by atoms with Gasteiger partial charge in [0.15, 0.2) is 0 Å². The van der Waals surface area contributed by atoms with Crippen molar-refractivity contribution in [3.63, 3.8) is 0 Å². The Hall–Kier alpha value is -2.54. The van der Waals surface area contributed by atoms with Crippen molar-refractivity contribution in [2.75, 3.05) is 0 Å². The minimum Gasteiger partial charge on any atom is -0.207 e. The number of halogens is 4. The lowest BCUT2D eigenvalue weighted by Crippen LogP contribution is -2.23. The first kappa shape index (κ1) is 20.2. The number of allylic oxidation sites excluding steroid dienone is 1. The van der Waals surface area contributed by atoms with Gasteiger partial charge in [-0.25, -0.2) is 17.6 Å². The molecule has 0 amide bonds. The predicted octanol–water partition coefficient (Wildman–Crippen LogP) is 7.08. The van der Waals surface area contributed by atoms with E-state index in [1.165, 1.54) is 18.2 Å². The van der Waals surface area contributed by atoms with Gasteiger partial charge in [0.1, 0.15) is 11.6 Å². The van der Waals surface area contributed by atoms with Gasteiger partial charge in [-0.1, -0.05) is 43.0 Å². The molecule has 0 bridgehead atoms. The highest BCUT2D eigenvalue weighted by Gasteiger charge is 2.35. The monoisotopic (exact) mass is 386 g/mol. The molecule has 146 valence electrons. The van der Waals surface area contributed by atoms with Crippen molar-refractivity contribution in [2.45, 2.75) is 50.9 Å². The van der Waals surface area contributed by atoms with Gasteiger partial charge in [0, 0.05) is 29.5 Å². The average Bonchev–Trinajstić information content (AvgIpc) is 2.66. The van der Waals surface area contributed by atoms with Crippen molar-refractivity contribution in [1.29, 1.82) is 0 Å². The van der Waals surface area contributed by atoms with Crippen LogP contribution in [-0.2, 0) is 0 Å². The number of rotatable bonds is 3. The molecule has 28 heavy (non-hydrogen) atoms. The summed E-state index contributed by atoms with van der Waals surface area (Å²) in [4.78, 5) is 0. The molecule has 0 unspecified atom stereocenters. The Bertz CT molecular complexity index is 881. The third kappa shape index (κ3) is 5.04. The van der Waals surface area contributed by atoms with Crippen molar-refractivity contribution in [2.24, 2.45) is 0 Å². The summed E-state index contributed by atoms with van der Waals surface area (Å²) in [7, 11) is 0. The summed E-state index contributed by atoms with van der Waals surface area (Å²) in [6, 6.07) is 9.89. The molecule has 0 aromatic heterocycles.